The minimum Gasteiger partial charge on any atom is -0.497 e. The van der Waals surface area contributed by atoms with Gasteiger partial charge in [0.05, 0.1) is 31.3 Å². The lowest BCUT2D eigenvalue weighted by Crippen LogP contribution is -2.51. The number of esters is 1. The number of urea groups is 1. The van der Waals surface area contributed by atoms with Gasteiger partial charge in [-0.15, -0.1) is 0 Å². The molecule has 1 aliphatic heterocycles. The van der Waals surface area contributed by atoms with Crippen molar-refractivity contribution in [1.82, 2.24) is 19.7 Å². The number of hydrogen-bond acceptors (Lipinski definition) is 6. The van der Waals surface area contributed by atoms with E-state index in [1.165, 1.54) is 19.1 Å². The summed E-state index contributed by atoms with van der Waals surface area (Å²) in [5.41, 5.74) is 1.95. The number of nitrogens with zero attached hydrogens (tertiary/aromatic N) is 4. The lowest BCUT2D eigenvalue weighted by atomic mass is 9.75. The quantitative estimate of drug-likeness (QED) is 0.322. The first-order valence-corrected chi connectivity index (χ1v) is 11.5. The van der Waals surface area contributed by atoms with E-state index in [1.54, 1.807) is 23.9 Å². The summed E-state index contributed by atoms with van der Waals surface area (Å²) in [6, 6.07) is 16.2. The Balaban J connectivity index is 1.80. The SMILES string of the molecule is COC(=O)C1(c2cc(-c3ccc(Cl)cc3)n(-c3ccc(OC)cc3)n2)CCN(C(=O)N(C)O)CC1. The average Bonchev–Trinajstić information content (AvgIpc) is 3.34. The number of carbonyl (C=O) groups excluding carboxylic acids is 2. The van der Waals surface area contributed by atoms with Crippen molar-refractivity contribution < 1.29 is 24.3 Å². The summed E-state index contributed by atoms with van der Waals surface area (Å²) in [7, 11) is 4.23. The maximum absolute atomic E-state index is 13.2. The maximum Gasteiger partial charge on any atom is 0.343 e. The van der Waals surface area contributed by atoms with Crippen LogP contribution in [0.1, 0.15) is 18.5 Å². The molecular formula is C25H27ClN4O5. The molecule has 0 bridgehead atoms. The van der Waals surface area contributed by atoms with Crippen LogP contribution in [0.4, 0.5) is 4.79 Å². The maximum atomic E-state index is 13.2. The Morgan fingerprint density at radius 3 is 2.23 bits per heavy atom. The normalized spacial score (nSPS) is 14.9. The molecule has 1 saturated heterocycles. The van der Waals surface area contributed by atoms with E-state index < -0.39 is 17.4 Å². The summed E-state index contributed by atoms with van der Waals surface area (Å²) in [5.74, 6) is 0.301. The van der Waals surface area contributed by atoms with Crippen molar-refractivity contribution in [2.45, 2.75) is 18.3 Å². The van der Waals surface area contributed by atoms with E-state index in [4.69, 9.17) is 26.2 Å². The number of halogens is 1. The second kappa shape index (κ2) is 9.97. The zero-order valence-electron chi connectivity index (χ0n) is 19.8. The van der Waals surface area contributed by atoms with Gasteiger partial charge >= 0.3 is 12.0 Å². The third-order valence-electron chi connectivity index (χ3n) is 6.40. The predicted molar refractivity (Wildman–Crippen MR) is 130 cm³/mol. The van der Waals surface area contributed by atoms with E-state index in [9.17, 15) is 14.8 Å². The van der Waals surface area contributed by atoms with Gasteiger partial charge in [-0.05, 0) is 55.3 Å². The van der Waals surface area contributed by atoms with Gasteiger partial charge in [-0.25, -0.2) is 14.5 Å². The van der Waals surface area contributed by atoms with Gasteiger partial charge in [0.1, 0.15) is 11.2 Å². The monoisotopic (exact) mass is 498 g/mol. The van der Waals surface area contributed by atoms with E-state index >= 15 is 0 Å². The fraction of sp³-hybridized carbons (Fsp3) is 0.320. The van der Waals surface area contributed by atoms with Crippen molar-refractivity contribution in [3.63, 3.8) is 0 Å². The Morgan fingerprint density at radius 2 is 1.69 bits per heavy atom. The highest BCUT2D eigenvalue weighted by Crippen LogP contribution is 2.39. The van der Waals surface area contributed by atoms with Crippen LogP contribution >= 0.6 is 11.6 Å². The van der Waals surface area contributed by atoms with Crippen LogP contribution in [-0.4, -0.2) is 71.3 Å². The van der Waals surface area contributed by atoms with E-state index in [0.29, 0.717) is 34.4 Å². The summed E-state index contributed by atoms with van der Waals surface area (Å²) in [6.07, 6.45) is 0.609. The first-order valence-electron chi connectivity index (χ1n) is 11.1. The predicted octanol–water partition coefficient (Wildman–Crippen LogP) is 4.15. The van der Waals surface area contributed by atoms with Crippen molar-refractivity contribution in [3.8, 4) is 22.7 Å². The Morgan fingerprint density at radius 1 is 1.06 bits per heavy atom. The van der Waals surface area contributed by atoms with Gasteiger partial charge in [0.25, 0.3) is 0 Å². The number of benzene rings is 2. The summed E-state index contributed by atoms with van der Waals surface area (Å²) in [4.78, 5) is 26.9. The Hall–Kier alpha value is -3.56. The number of likely N-dealkylation sites (tertiary alicyclic amines) is 1. The Kier molecular flexibility index (Phi) is 7.00. The van der Waals surface area contributed by atoms with Crippen LogP contribution in [0, 0.1) is 0 Å². The molecule has 1 aromatic heterocycles. The summed E-state index contributed by atoms with van der Waals surface area (Å²) in [6.45, 7) is 0.537. The fourth-order valence-electron chi connectivity index (χ4n) is 4.41. The number of aromatic nitrogens is 2. The van der Waals surface area contributed by atoms with Crippen LogP contribution in [0.2, 0.25) is 5.02 Å². The minimum atomic E-state index is -1.04. The molecule has 2 aromatic carbocycles. The molecule has 0 saturated carbocycles. The number of carbonyl (C=O) groups is 2. The number of methoxy groups -OCH3 is 2. The molecule has 35 heavy (non-hydrogen) atoms. The van der Waals surface area contributed by atoms with E-state index in [0.717, 1.165) is 16.9 Å². The van der Waals surface area contributed by atoms with Gasteiger partial charge in [0, 0.05) is 30.7 Å². The van der Waals surface area contributed by atoms with E-state index in [2.05, 4.69) is 0 Å². The molecular weight excluding hydrogens is 472 g/mol. The van der Waals surface area contributed by atoms with Gasteiger partial charge in [-0.2, -0.15) is 5.10 Å². The van der Waals surface area contributed by atoms with Crippen molar-refractivity contribution in [2.24, 2.45) is 0 Å². The number of hydroxylamine groups is 2. The largest absolute Gasteiger partial charge is 0.497 e. The number of piperidine rings is 1. The van der Waals surface area contributed by atoms with Crippen LogP contribution < -0.4 is 4.74 Å². The lowest BCUT2D eigenvalue weighted by Gasteiger charge is -2.39. The van der Waals surface area contributed by atoms with Gasteiger partial charge in [0.15, 0.2) is 0 Å². The molecule has 3 aromatic rings. The standard InChI is InChI=1S/C25H27ClN4O5/c1-28(33)24(32)29-14-12-25(13-15-29,23(31)35-3)22-16-21(17-4-6-18(26)7-5-17)30(27-22)19-8-10-20(34-2)11-9-19/h4-11,16,33H,12-15H2,1-3H3. The van der Waals surface area contributed by atoms with Gasteiger partial charge in [-0.3, -0.25) is 10.0 Å². The second-order valence-electron chi connectivity index (χ2n) is 8.40. The molecule has 184 valence electrons. The lowest BCUT2D eigenvalue weighted by molar-refractivity contribution is -0.149. The van der Waals surface area contributed by atoms with Crippen molar-refractivity contribution in [2.75, 3.05) is 34.4 Å². The van der Waals surface area contributed by atoms with Gasteiger partial charge in [-0.1, -0.05) is 23.7 Å². The van der Waals surface area contributed by atoms with Gasteiger partial charge in [0.2, 0.25) is 0 Å². The molecule has 1 fully saturated rings. The molecule has 4 rings (SSSR count). The average molecular weight is 499 g/mol. The molecule has 1 aliphatic rings. The number of ether oxygens (including phenoxy) is 2. The Labute approximate surface area is 208 Å². The zero-order chi connectivity index (χ0) is 25.2. The van der Waals surface area contributed by atoms with E-state index in [1.807, 2.05) is 42.5 Å². The number of amides is 2. The molecule has 0 radical (unpaired) electrons. The third-order valence-corrected chi connectivity index (χ3v) is 6.65. The van der Waals surface area contributed by atoms with Crippen LogP contribution in [0.15, 0.2) is 54.6 Å². The molecule has 1 N–H and O–H groups in total. The van der Waals surface area contributed by atoms with Crippen LogP contribution in [0.25, 0.3) is 16.9 Å². The van der Waals surface area contributed by atoms with Crippen LogP contribution in [0.5, 0.6) is 5.75 Å². The zero-order valence-corrected chi connectivity index (χ0v) is 20.5. The van der Waals surface area contributed by atoms with Crippen molar-refractivity contribution in [1.29, 1.82) is 0 Å². The molecule has 10 heteroatoms. The van der Waals surface area contributed by atoms with Crippen molar-refractivity contribution >= 4 is 23.6 Å². The highest BCUT2D eigenvalue weighted by atomic mass is 35.5. The summed E-state index contributed by atoms with van der Waals surface area (Å²) < 4.78 is 12.3. The molecule has 0 aliphatic carbocycles. The molecule has 0 spiro atoms. The van der Waals surface area contributed by atoms with Crippen LogP contribution in [0.3, 0.4) is 0 Å². The molecule has 0 unspecified atom stereocenters. The first kappa shape index (κ1) is 24.6. The van der Waals surface area contributed by atoms with E-state index in [-0.39, 0.29) is 13.1 Å². The topological polar surface area (TPSA) is 97.1 Å². The number of hydrogen-bond donors (Lipinski definition) is 1. The molecule has 2 heterocycles. The first-order chi connectivity index (χ1) is 16.8. The third kappa shape index (κ3) is 4.69. The molecule has 0 atom stereocenters. The number of rotatable bonds is 5. The minimum absolute atomic E-state index is 0.268. The second-order valence-corrected chi connectivity index (χ2v) is 8.83. The fourth-order valence-corrected chi connectivity index (χ4v) is 4.53. The molecule has 2 amide bonds. The smallest absolute Gasteiger partial charge is 0.343 e. The van der Waals surface area contributed by atoms with Crippen molar-refractivity contribution in [3.05, 3.63) is 65.3 Å². The van der Waals surface area contributed by atoms with Crippen LogP contribution in [-0.2, 0) is 14.9 Å². The summed E-state index contributed by atoms with van der Waals surface area (Å²) >= 11 is 6.11. The Bertz CT molecular complexity index is 1200. The highest BCUT2D eigenvalue weighted by molar-refractivity contribution is 6.30. The molecule has 9 nitrogen and oxygen atoms in total. The highest BCUT2D eigenvalue weighted by Gasteiger charge is 2.47. The van der Waals surface area contributed by atoms with Gasteiger partial charge < -0.3 is 14.4 Å². The summed E-state index contributed by atoms with van der Waals surface area (Å²) in [5, 5.41) is 15.6.